The summed E-state index contributed by atoms with van der Waals surface area (Å²) in [7, 11) is -2.38. The molecule has 1 N–H and O–H groups in total. The van der Waals surface area contributed by atoms with Gasteiger partial charge in [-0.25, -0.2) is 13.4 Å². The van der Waals surface area contributed by atoms with E-state index < -0.39 is 16.0 Å². The molecule has 0 aromatic carbocycles. The number of carbonyl (C=O) groups is 1. The van der Waals surface area contributed by atoms with Crippen LogP contribution in [0.2, 0.25) is 0 Å². The molecule has 0 bridgehead atoms. The van der Waals surface area contributed by atoms with Gasteiger partial charge in [0.25, 0.3) is 0 Å². The Morgan fingerprint density at radius 1 is 1.59 bits per heavy atom. The van der Waals surface area contributed by atoms with Gasteiger partial charge in [-0.15, -0.1) is 0 Å². The number of methoxy groups -OCH3 is 1. The summed E-state index contributed by atoms with van der Waals surface area (Å²) in [6.45, 7) is 0. The van der Waals surface area contributed by atoms with Gasteiger partial charge in [-0.2, -0.15) is 0 Å². The number of aromatic nitrogens is 1. The number of halogens is 1. The summed E-state index contributed by atoms with van der Waals surface area (Å²) >= 11 is 3.19. The molecule has 0 radical (unpaired) electrons. The zero-order valence-corrected chi connectivity index (χ0v) is 11.4. The molecule has 0 fully saturated rings. The van der Waals surface area contributed by atoms with Crippen molar-refractivity contribution in [2.45, 2.75) is 6.42 Å². The van der Waals surface area contributed by atoms with Crippen molar-refractivity contribution in [1.29, 1.82) is 0 Å². The van der Waals surface area contributed by atoms with Crippen LogP contribution in [-0.4, -0.2) is 32.2 Å². The predicted octanol–water partition coefficient (Wildman–Crippen LogP) is 1.15. The van der Waals surface area contributed by atoms with Gasteiger partial charge in [0.05, 0.1) is 19.3 Å². The monoisotopic (exact) mass is 322 g/mol. The fraction of sp³-hybridized carbons (Fsp3) is 0.333. The minimum Gasteiger partial charge on any atom is -0.469 e. The fourth-order valence-corrected chi connectivity index (χ4v) is 2.29. The van der Waals surface area contributed by atoms with E-state index in [2.05, 4.69) is 30.4 Å². The Hall–Kier alpha value is -1.15. The summed E-state index contributed by atoms with van der Waals surface area (Å²) in [5, 5.41) is 0. The van der Waals surface area contributed by atoms with Crippen LogP contribution in [0.15, 0.2) is 22.8 Å². The number of sulfonamides is 1. The van der Waals surface area contributed by atoms with Crippen LogP contribution in [0.4, 0.5) is 5.82 Å². The lowest BCUT2D eigenvalue weighted by atomic mass is 10.5. The zero-order valence-electron chi connectivity index (χ0n) is 9.01. The summed E-state index contributed by atoms with van der Waals surface area (Å²) in [6.07, 6.45) is 1.27. The van der Waals surface area contributed by atoms with Crippen molar-refractivity contribution in [2.24, 2.45) is 0 Å². The Kier molecular flexibility index (Phi) is 4.88. The molecule has 0 amide bonds. The highest BCUT2D eigenvalue weighted by Crippen LogP contribution is 2.14. The molecule has 94 valence electrons. The Labute approximate surface area is 108 Å². The first-order valence-electron chi connectivity index (χ1n) is 4.62. The van der Waals surface area contributed by atoms with Crippen LogP contribution in [0.5, 0.6) is 0 Å². The number of rotatable bonds is 5. The van der Waals surface area contributed by atoms with Crippen molar-refractivity contribution in [3.8, 4) is 0 Å². The molecule has 0 unspecified atom stereocenters. The van der Waals surface area contributed by atoms with Gasteiger partial charge in [-0.1, -0.05) is 15.9 Å². The highest BCUT2D eigenvalue weighted by Gasteiger charge is 2.14. The van der Waals surface area contributed by atoms with Crippen LogP contribution in [-0.2, 0) is 19.6 Å². The summed E-state index contributed by atoms with van der Waals surface area (Å²) in [4.78, 5) is 14.7. The third-order valence-electron chi connectivity index (χ3n) is 1.78. The average Bonchev–Trinajstić information content (AvgIpc) is 2.25. The van der Waals surface area contributed by atoms with Crippen molar-refractivity contribution < 1.29 is 17.9 Å². The second-order valence-corrected chi connectivity index (χ2v) is 5.86. The van der Waals surface area contributed by atoms with Crippen molar-refractivity contribution in [1.82, 2.24) is 4.98 Å². The lowest BCUT2D eigenvalue weighted by Crippen LogP contribution is -2.20. The molecule has 17 heavy (non-hydrogen) atoms. The van der Waals surface area contributed by atoms with Crippen LogP contribution in [0.1, 0.15) is 6.42 Å². The second-order valence-electron chi connectivity index (χ2n) is 3.11. The lowest BCUT2D eigenvalue weighted by molar-refractivity contribution is -0.140. The molecule has 1 aromatic rings. The van der Waals surface area contributed by atoms with Crippen molar-refractivity contribution in [3.63, 3.8) is 0 Å². The van der Waals surface area contributed by atoms with Crippen molar-refractivity contribution in [3.05, 3.63) is 22.8 Å². The molecule has 0 aliphatic carbocycles. The molecule has 6 nitrogen and oxygen atoms in total. The minimum absolute atomic E-state index is 0.195. The number of hydrogen-bond acceptors (Lipinski definition) is 5. The summed E-state index contributed by atoms with van der Waals surface area (Å²) in [5.74, 6) is -0.713. The molecule has 1 heterocycles. The third-order valence-corrected chi connectivity index (χ3v) is 3.54. The van der Waals surface area contributed by atoms with Gasteiger partial charge in [0.2, 0.25) is 10.0 Å². The van der Waals surface area contributed by atoms with E-state index >= 15 is 0 Å². The molecule has 1 aromatic heterocycles. The lowest BCUT2D eigenvalue weighted by Gasteiger charge is -2.06. The molecule has 0 aliphatic heterocycles. The number of ether oxygens (including phenoxy) is 1. The van der Waals surface area contributed by atoms with Crippen LogP contribution in [0.3, 0.4) is 0 Å². The van der Waals surface area contributed by atoms with Gasteiger partial charge >= 0.3 is 5.97 Å². The standard InChI is InChI=1S/C9H11BrN2O4S/c1-16-9(13)3-5-17(14,15)12-8-6-7(10)2-4-11-8/h2,4,6H,3,5H2,1H3,(H,11,12). The normalized spacial score (nSPS) is 10.9. The number of nitrogens with zero attached hydrogens (tertiary/aromatic N) is 1. The molecular formula is C9H11BrN2O4S. The number of nitrogens with one attached hydrogen (secondary N) is 1. The summed E-state index contributed by atoms with van der Waals surface area (Å²) in [6, 6.07) is 3.20. The molecule has 0 saturated heterocycles. The maximum absolute atomic E-state index is 11.6. The highest BCUT2D eigenvalue weighted by atomic mass is 79.9. The van der Waals surface area contributed by atoms with Crippen LogP contribution >= 0.6 is 15.9 Å². The SMILES string of the molecule is COC(=O)CCS(=O)(=O)Nc1cc(Br)ccn1. The average molecular weight is 323 g/mol. The van der Waals surface area contributed by atoms with Gasteiger partial charge in [0.15, 0.2) is 0 Å². The molecule has 0 saturated carbocycles. The van der Waals surface area contributed by atoms with Crippen LogP contribution in [0.25, 0.3) is 0 Å². The van der Waals surface area contributed by atoms with E-state index in [0.29, 0.717) is 4.47 Å². The second kappa shape index (κ2) is 5.97. The van der Waals surface area contributed by atoms with Gasteiger partial charge in [-0.3, -0.25) is 9.52 Å². The maximum Gasteiger partial charge on any atom is 0.306 e. The largest absolute Gasteiger partial charge is 0.469 e. The summed E-state index contributed by atoms with van der Waals surface area (Å²) < 4.78 is 30.4. The molecule has 0 atom stereocenters. The number of pyridine rings is 1. The topological polar surface area (TPSA) is 85.4 Å². The van der Waals surface area contributed by atoms with Gasteiger partial charge in [-0.05, 0) is 12.1 Å². The molecule has 0 spiro atoms. The fourth-order valence-electron chi connectivity index (χ4n) is 0.991. The number of hydrogen-bond donors (Lipinski definition) is 1. The molecule has 1 rings (SSSR count). The van der Waals surface area contributed by atoms with Crippen LogP contribution < -0.4 is 4.72 Å². The molecule has 8 heteroatoms. The first-order valence-corrected chi connectivity index (χ1v) is 7.06. The summed E-state index contributed by atoms with van der Waals surface area (Å²) in [5.41, 5.74) is 0. The number of esters is 1. The number of anilines is 1. The van der Waals surface area contributed by atoms with E-state index in [9.17, 15) is 13.2 Å². The van der Waals surface area contributed by atoms with Gasteiger partial charge < -0.3 is 4.74 Å². The Morgan fingerprint density at radius 3 is 2.88 bits per heavy atom. The Bertz CT molecular complexity index is 503. The highest BCUT2D eigenvalue weighted by molar-refractivity contribution is 9.10. The van der Waals surface area contributed by atoms with Crippen molar-refractivity contribution in [2.75, 3.05) is 17.6 Å². The Balaban J connectivity index is 2.64. The smallest absolute Gasteiger partial charge is 0.306 e. The van der Waals surface area contributed by atoms with E-state index in [1.54, 1.807) is 6.07 Å². The van der Waals surface area contributed by atoms with E-state index in [1.165, 1.54) is 19.4 Å². The van der Waals surface area contributed by atoms with E-state index in [-0.39, 0.29) is 18.0 Å². The van der Waals surface area contributed by atoms with E-state index in [0.717, 1.165) is 0 Å². The quantitative estimate of drug-likeness (QED) is 0.822. The van der Waals surface area contributed by atoms with E-state index in [4.69, 9.17) is 0 Å². The van der Waals surface area contributed by atoms with Crippen molar-refractivity contribution >= 4 is 37.7 Å². The molecule has 0 aliphatic rings. The maximum atomic E-state index is 11.6. The predicted molar refractivity (Wildman–Crippen MR) is 66.0 cm³/mol. The Morgan fingerprint density at radius 2 is 2.29 bits per heavy atom. The first-order chi connectivity index (χ1) is 7.93. The first kappa shape index (κ1) is 13.9. The molecular weight excluding hydrogens is 312 g/mol. The van der Waals surface area contributed by atoms with Crippen LogP contribution in [0, 0.1) is 0 Å². The van der Waals surface area contributed by atoms with Gasteiger partial charge in [0, 0.05) is 10.7 Å². The van der Waals surface area contributed by atoms with E-state index in [1.807, 2.05) is 0 Å². The zero-order chi connectivity index (χ0) is 12.9. The third kappa shape index (κ3) is 5.14. The minimum atomic E-state index is -3.59. The number of carbonyl (C=O) groups excluding carboxylic acids is 1. The van der Waals surface area contributed by atoms with Gasteiger partial charge in [0.1, 0.15) is 5.82 Å².